The molecule has 2 heterocycles. The summed E-state index contributed by atoms with van der Waals surface area (Å²) in [5, 5.41) is 13.4. The monoisotopic (exact) mass is 615 g/mol. The molecule has 192 valence electrons. The Morgan fingerprint density at radius 3 is 2.86 bits per heavy atom. The quantitative estimate of drug-likeness (QED) is 0.265. The molecule has 3 aromatic rings. The van der Waals surface area contributed by atoms with Gasteiger partial charge in [0.05, 0.1) is 26.9 Å². The van der Waals surface area contributed by atoms with E-state index < -0.39 is 28.6 Å². The molecule has 4 atom stereocenters. The first-order valence-electron chi connectivity index (χ1n) is 10.8. The Morgan fingerprint density at radius 1 is 1.36 bits per heavy atom. The van der Waals surface area contributed by atoms with E-state index in [0.717, 1.165) is 21.4 Å². The van der Waals surface area contributed by atoms with Crippen LogP contribution < -0.4 is 15.8 Å². The molecule has 1 fully saturated rings. The minimum atomic E-state index is -3.96. The molecule has 14 heteroatoms. The first-order valence-corrected chi connectivity index (χ1v) is 14.2. The lowest BCUT2D eigenvalue weighted by molar-refractivity contribution is 0.0636. The Balaban J connectivity index is 1.53. The molecule has 1 saturated carbocycles. The van der Waals surface area contributed by atoms with E-state index in [1.54, 1.807) is 6.07 Å². The number of aliphatic hydroxyl groups excluding tert-OH is 1. The maximum absolute atomic E-state index is 13.4. The van der Waals surface area contributed by atoms with Crippen LogP contribution in [0.3, 0.4) is 0 Å². The smallest absolute Gasteiger partial charge is 0.335 e. The first-order chi connectivity index (χ1) is 17.1. The Bertz CT molecular complexity index is 1370. The lowest BCUT2D eigenvalue weighted by Gasteiger charge is -2.15. The minimum Gasteiger partial charge on any atom is -0.390 e. The number of nitrogens with zero attached hydrogens (tertiary/aromatic N) is 2. The topological polar surface area (TPSA) is 157 Å². The van der Waals surface area contributed by atoms with Crippen molar-refractivity contribution >= 4 is 60.8 Å². The molecule has 1 aromatic carbocycles. The fourth-order valence-electron chi connectivity index (χ4n) is 3.93. The van der Waals surface area contributed by atoms with Crippen LogP contribution in [-0.4, -0.2) is 54.6 Å². The summed E-state index contributed by atoms with van der Waals surface area (Å²) in [5.74, 6) is -0.0894. The van der Waals surface area contributed by atoms with Gasteiger partial charge in [-0.15, -0.1) is 11.3 Å². The van der Waals surface area contributed by atoms with Gasteiger partial charge >= 0.3 is 10.3 Å². The van der Waals surface area contributed by atoms with Crippen molar-refractivity contribution in [2.75, 3.05) is 12.4 Å². The highest BCUT2D eigenvalue weighted by Gasteiger charge is 2.37. The van der Waals surface area contributed by atoms with E-state index in [4.69, 9.17) is 21.5 Å². The number of nitrogens with one attached hydrogen (secondary N) is 2. The number of benzene rings is 1. The summed E-state index contributed by atoms with van der Waals surface area (Å²) < 4.78 is 31.7. The number of nitrogens with two attached hydrogens (primary N) is 1. The van der Waals surface area contributed by atoms with Crippen molar-refractivity contribution in [1.82, 2.24) is 14.7 Å². The molecule has 2 aromatic heterocycles. The molecule has 1 aliphatic carbocycles. The number of carbonyl (C=O) groups excluding carboxylic acids is 1. The normalized spacial score (nSPS) is 20.9. The van der Waals surface area contributed by atoms with E-state index in [9.17, 15) is 18.3 Å². The number of halogens is 2. The number of aliphatic hydroxyl groups is 1. The highest BCUT2D eigenvalue weighted by molar-refractivity contribution is 9.10. The molecule has 0 spiro atoms. The van der Waals surface area contributed by atoms with Crippen LogP contribution in [0.2, 0.25) is 4.34 Å². The number of anilines is 1. The molecule has 0 aliphatic heterocycles. The molecule has 0 bridgehead atoms. The fourth-order valence-corrected chi connectivity index (χ4v) is 6.28. The number of rotatable bonds is 9. The van der Waals surface area contributed by atoms with Crippen LogP contribution in [0.25, 0.3) is 0 Å². The zero-order valence-corrected chi connectivity index (χ0v) is 22.9. The summed E-state index contributed by atoms with van der Waals surface area (Å²) in [6.45, 7) is 0. The van der Waals surface area contributed by atoms with Gasteiger partial charge in [0.15, 0.2) is 0 Å². The van der Waals surface area contributed by atoms with Crippen LogP contribution in [0.15, 0.2) is 47.3 Å². The van der Waals surface area contributed by atoms with E-state index in [2.05, 4.69) is 35.9 Å². The van der Waals surface area contributed by atoms with Crippen molar-refractivity contribution in [1.29, 1.82) is 0 Å². The van der Waals surface area contributed by atoms with Crippen molar-refractivity contribution in [2.45, 2.75) is 37.1 Å². The van der Waals surface area contributed by atoms with Crippen LogP contribution in [0.4, 0.5) is 5.82 Å². The van der Waals surface area contributed by atoms with E-state index in [0.29, 0.717) is 14.8 Å². The first kappa shape index (κ1) is 27.1. The molecule has 10 nitrogen and oxygen atoms in total. The van der Waals surface area contributed by atoms with Crippen LogP contribution in [-0.2, 0) is 14.5 Å². The average molecular weight is 617 g/mol. The van der Waals surface area contributed by atoms with Crippen molar-refractivity contribution < 1.29 is 22.5 Å². The largest absolute Gasteiger partial charge is 0.390 e. The molecule has 0 amide bonds. The number of hydrogen-bond donors (Lipinski definition) is 4. The van der Waals surface area contributed by atoms with Crippen LogP contribution in [0, 0.1) is 0 Å². The van der Waals surface area contributed by atoms with E-state index in [1.165, 1.54) is 19.6 Å². The molecule has 0 unspecified atom stereocenters. The van der Waals surface area contributed by atoms with Crippen LogP contribution in [0.5, 0.6) is 0 Å². The predicted molar refractivity (Wildman–Crippen MR) is 140 cm³/mol. The summed E-state index contributed by atoms with van der Waals surface area (Å²) in [4.78, 5) is 21.9. The summed E-state index contributed by atoms with van der Waals surface area (Å²) in [6.07, 6.45) is 1.14. The van der Waals surface area contributed by atoms with Gasteiger partial charge in [-0.1, -0.05) is 39.7 Å². The SMILES string of the molecule is CNS(=O)(=O)O[C@@H]1C[C@H](Nc2ncncc2C(=O)c2cc([C@@H](N)c3cccc(Br)c3)c(Cl)s2)C[C@@H]1O. The van der Waals surface area contributed by atoms with Gasteiger partial charge in [0, 0.05) is 29.3 Å². The molecule has 1 aliphatic rings. The minimum absolute atomic E-state index is 0.191. The van der Waals surface area contributed by atoms with Crippen molar-refractivity contribution in [2.24, 2.45) is 5.73 Å². The lowest BCUT2D eigenvalue weighted by atomic mass is 10.0. The summed E-state index contributed by atoms with van der Waals surface area (Å²) in [6, 6.07) is 8.29. The third-order valence-electron chi connectivity index (χ3n) is 5.75. The number of ketones is 1. The van der Waals surface area contributed by atoms with Gasteiger partial charge in [0.25, 0.3) is 0 Å². The molecule has 0 saturated heterocycles. The Kier molecular flexibility index (Phi) is 8.42. The van der Waals surface area contributed by atoms with Gasteiger partial charge < -0.3 is 16.2 Å². The fraction of sp³-hybridized carbons (Fsp3) is 0.318. The number of hydrogen-bond acceptors (Lipinski definition) is 10. The third kappa shape index (κ3) is 6.11. The predicted octanol–water partition coefficient (Wildman–Crippen LogP) is 3.02. The average Bonchev–Trinajstić information content (AvgIpc) is 3.40. The highest BCUT2D eigenvalue weighted by atomic mass is 79.9. The van der Waals surface area contributed by atoms with Gasteiger partial charge in [-0.25, -0.2) is 9.97 Å². The molecular weight excluding hydrogens is 594 g/mol. The summed E-state index contributed by atoms with van der Waals surface area (Å²) >= 11 is 11.0. The third-order valence-corrected chi connectivity index (χ3v) is 8.63. The van der Waals surface area contributed by atoms with Gasteiger partial charge in [-0.2, -0.15) is 13.1 Å². The van der Waals surface area contributed by atoms with Crippen molar-refractivity contribution in [3.8, 4) is 0 Å². The van der Waals surface area contributed by atoms with Crippen molar-refractivity contribution in [3.63, 3.8) is 0 Å². The summed E-state index contributed by atoms with van der Waals surface area (Å²) in [5.41, 5.74) is 8.10. The van der Waals surface area contributed by atoms with Gasteiger partial charge in [0.1, 0.15) is 18.2 Å². The summed E-state index contributed by atoms with van der Waals surface area (Å²) in [7, 11) is -2.74. The van der Waals surface area contributed by atoms with E-state index in [-0.39, 0.29) is 36.0 Å². The standard InChI is InChI=1S/C22H23BrClN5O5S2/c1-26-36(32,33)34-17-7-13(6-16(17)30)29-22-15(9-27-10-28-22)20(31)18-8-14(21(24)35-18)19(25)11-3-2-4-12(23)5-11/h2-5,8-10,13,16-17,19,26,30H,6-7,25H2,1H3,(H,27,28,29)/t13-,16+,17-,19+/m1/s1. The Hall–Kier alpha value is -1.97. The maximum atomic E-state index is 13.4. The zero-order chi connectivity index (χ0) is 26.0. The van der Waals surface area contributed by atoms with Crippen molar-refractivity contribution in [3.05, 3.63) is 73.2 Å². The van der Waals surface area contributed by atoms with E-state index in [1.807, 2.05) is 24.3 Å². The zero-order valence-electron chi connectivity index (χ0n) is 18.9. The lowest BCUT2D eigenvalue weighted by Crippen LogP contribution is -2.31. The Morgan fingerprint density at radius 2 is 2.14 bits per heavy atom. The van der Waals surface area contributed by atoms with Gasteiger partial charge in [0.2, 0.25) is 5.78 Å². The number of aromatic nitrogens is 2. The van der Waals surface area contributed by atoms with Crippen LogP contribution >= 0.6 is 38.9 Å². The highest BCUT2D eigenvalue weighted by Crippen LogP contribution is 2.36. The maximum Gasteiger partial charge on any atom is 0.335 e. The molecule has 0 radical (unpaired) electrons. The second kappa shape index (κ2) is 11.2. The molecule has 36 heavy (non-hydrogen) atoms. The molecular formula is C22H23BrClN5O5S2. The van der Waals surface area contributed by atoms with Gasteiger partial charge in [-0.05, 0) is 36.6 Å². The van der Waals surface area contributed by atoms with E-state index >= 15 is 0 Å². The second-order valence-corrected chi connectivity index (χ2v) is 12.2. The second-order valence-electron chi connectivity index (χ2n) is 8.16. The van der Waals surface area contributed by atoms with Gasteiger partial charge in [-0.3, -0.25) is 8.98 Å². The Labute approximate surface area is 225 Å². The number of carbonyl (C=O) groups is 1. The molecule has 5 N–H and O–H groups in total. The number of thiophene rings is 1. The van der Waals surface area contributed by atoms with Crippen LogP contribution in [0.1, 0.15) is 45.2 Å². The molecule has 4 rings (SSSR count).